The van der Waals surface area contributed by atoms with Gasteiger partial charge in [0.15, 0.2) is 0 Å². The zero-order chi connectivity index (χ0) is 19.5. The predicted octanol–water partition coefficient (Wildman–Crippen LogP) is 5.78. The number of anilines is 2. The van der Waals surface area contributed by atoms with E-state index in [4.69, 9.17) is 4.74 Å². The van der Waals surface area contributed by atoms with Crippen LogP contribution in [0.3, 0.4) is 0 Å². The van der Waals surface area contributed by atoms with Crippen LogP contribution in [0.15, 0.2) is 78.9 Å². The number of carbonyl (C=O) groups is 1. The molecule has 4 heteroatoms. The third-order valence-electron chi connectivity index (χ3n) is 5.10. The molecule has 4 rings (SSSR count). The number of carbonyl (C=O) groups excluding carboxylic acids is 1. The van der Waals surface area contributed by atoms with Gasteiger partial charge >= 0.3 is 0 Å². The molecule has 1 amide bonds. The number of fused-ring (bicyclic) bond motifs is 1. The fourth-order valence-corrected chi connectivity index (χ4v) is 3.87. The van der Waals surface area contributed by atoms with E-state index in [-0.39, 0.29) is 18.0 Å². The summed E-state index contributed by atoms with van der Waals surface area (Å²) in [4.78, 5) is 14.0. The maximum atomic E-state index is 12.1. The molecule has 0 aromatic heterocycles. The minimum absolute atomic E-state index is 0.0841. The van der Waals surface area contributed by atoms with Crippen LogP contribution < -0.4 is 15.0 Å². The molecule has 1 aliphatic heterocycles. The lowest BCUT2D eigenvalue weighted by Crippen LogP contribution is -2.43. The molecule has 3 aromatic carbocycles. The maximum absolute atomic E-state index is 12.1. The molecule has 0 fully saturated rings. The standard InChI is InChI=1S/C24H24N2O2/c1-17-16-23(22-10-6-7-11-24(22)26(17)18(2)27)25-19-12-14-21(15-13-19)28-20-8-4-3-5-9-20/h3-15,17,23,25H,16H2,1-2H3. The first kappa shape index (κ1) is 18.1. The Balaban J connectivity index is 1.52. The van der Waals surface area contributed by atoms with Crippen molar-refractivity contribution in [2.75, 3.05) is 10.2 Å². The topological polar surface area (TPSA) is 41.6 Å². The van der Waals surface area contributed by atoms with Crippen molar-refractivity contribution in [2.45, 2.75) is 32.4 Å². The highest BCUT2D eigenvalue weighted by molar-refractivity contribution is 5.93. The van der Waals surface area contributed by atoms with Gasteiger partial charge < -0.3 is 15.0 Å². The van der Waals surface area contributed by atoms with Gasteiger partial charge in [-0.2, -0.15) is 0 Å². The van der Waals surface area contributed by atoms with Crippen LogP contribution in [-0.4, -0.2) is 11.9 Å². The molecule has 1 N–H and O–H groups in total. The molecule has 2 unspecified atom stereocenters. The van der Waals surface area contributed by atoms with Crippen LogP contribution in [0.1, 0.15) is 31.9 Å². The van der Waals surface area contributed by atoms with Crippen LogP contribution in [0.4, 0.5) is 11.4 Å². The summed E-state index contributed by atoms with van der Waals surface area (Å²) >= 11 is 0. The number of nitrogens with one attached hydrogen (secondary N) is 1. The highest BCUT2D eigenvalue weighted by atomic mass is 16.5. The number of rotatable bonds is 4. The Labute approximate surface area is 165 Å². The number of para-hydroxylation sites is 2. The lowest BCUT2D eigenvalue weighted by Gasteiger charge is -2.39. The Morgan fingerprint density at radius 1 is 0.929 bits per heavy atom. The summed E-state index contributed by atoms with van der Waals surface area (Å²) in [6.45, 7) is 3.73. The zero-order valence-corrected chi connectivity index (χ0v) is 16.1. The summed E-state index contributed by atoms with van der Waals surface area (Å²) in [6.07, 6.45) is 0.860. The molecule has 142 valence electrons. The molecule has 1 heterocycles. The van der Waals surface area contributed by atoms with E-state index >= 15 is 0 Å². The van der Waals surface area contributed by atoms with Gasteiger partial charge in [0.05, 0.1) is 6.04 Å². The van der Waals surface area contributed by atoms with Gasteiger partial charge in [-0.15, -0.1) is 0 Å². The van der Waals surface area contributed by atoms with Gasteiger partial charge in [-0.3, -0.25) is 4.79 Å². The monoisotopic (exact) mass is 372 g/mol. The summed E-state index contributed by atoms with van der Waals surface area (Å²) < 4.78 is 5.87. The smallest absolute Gasteiger partial charge is 0.224 e. The number of hydrogen-bond acceptors (Lipinski definition) is 3. The SMILES string of the molecule is CC(=O)N1c2ccccc2C(Nc2ccc(Oc3ccccc3)cc2)CC1C. The van der Waals surface area contributed by atoms with Crippen molar-refractivity contribution in [1.82, 2.24) is 0 Å². The largest absolute Gasteiger partial charge is 0.457 e. The first-order valence-electron chi connectivity index (χ1n) is 9.60. The molecule has 0 aliphatic carbocycles. The van der Waals surface area contributed by atoms with Crippen LogP contribution >= 0.6 is 0 Å². The lowest BCUT2D eigenvalue weighted by molar-refractivity contribution is -0.117. The van der Waals surface area contributed by atoms with Crippen LogP contribution in [-0.2, 0) is 4.79 Å². The fourth-order valence-electron chi connectivity index (χ4n) is 3.87. The van der Waals surface area contributed by atoms with Crippen molar-refractivity contribution in [3.8, 4) is 11.5 Å². The molecule has 1 aliphatic rings. The summed E-state index contributed by atoms with van der Waals surface area (Å²) in [5.74, 6) is 1.71. The lowest BCUT2D eigenvalue weighted by atomic mass is 9.91. The molecule has 0 spiro atoms. The second kappa shape index (κ2) is 7.77. The fraction of sp³-hybridized carbons (Fsp3) is 0.208. The normalized spacial score (nSPS) is 18.3. The Morgan fingerprint density at radius 3 is 2.29 bits per heavy atom. The first-order chi connectivity index (χ1) is 13.6. The van der Waals surface area contributed by atoms with Crippen molar-refractivity contribution >= 4 is 17.3 Å². The molecular formula is C24H24N2O2. The van der Waals surface area contributed by atoms with Gasteiger partial charge in [-0.1, -0.05) is 36.4 Å². The number of nitrogens with zero attached hydrogens (tertiary/aromatic N) is 1. The van der Waals surface area contributed by atoms with E-state index in [1.807, 2.05) is 77.7 Å². The molecule has 0 saturated carbocycles. The second-order valence-corrected chi connectivity index (χ2v) is 7.17. The Morgan fingerprint density at radius 2 is 1.57 bits per heavy atom. The molecule has 0 bridgehead atoms. The van der Waals surface area contributed by atoms with Crippen molar-refractivity contribution in [3.63, 3.8) is 0 Å². The van der Waals surface area contributed by atoms with E-state index in [0.717, 1.165) is 34.9 Å². The molecule has 4 nitrogen and oxygen atoms in total. The third kappa shape index (κ3) is 3.72. The van der Waals surface area contributed by atoms with Crippen molar-refractivity contribution < 1.29 is 9.53 Å². The van der Waals surface area contributed by atoms with Gasteiger partial charge in [0, 0.05) is 24.3 Å². The van der Waals surface area contributed by atoms with Gasteiger partial charge in [-0.25, -0.2) is 0 Å². The van der Waals surface area contributed by atoms with Gasteiger partial charge in [0.2, 0.25) is 5.91 Å². The highest BCUT2D eigenvalue weighted by Gasteiger charge is 2.31. The number of hydrogen-bond donors (Lipinski definition) is 1. The summed E-state index contributed by atoms with van der Waals surface area (Å²) in [5.41, 5.74) is 3.18. The van der Waals surface area contributed by atoms with E-state index in [2.05, 4.69) is 18.3 Å². The second-order valence-electron chi connectivity index (χ2n) is 7.17. The average Bonchev–Trinajstić information content (AvgIpc) is 2.70. The first-order valence-corrected chi connectivity index (χ1v) is 9.60. The molecular weight excluding hydrogens is 348 g/mol. The number of amides is 1. The Kier molecular flexibility index (Phi) is 5.02. The zero-order valence-electron chi connectivity index (χ0n) is 16.1. The molecule has 0 saturated heterocycles. The molecule has 0 radical (unpaired) electrons. The minimum Gasteiger partial charge on any atom is -0.457 e. The van der Waals surface area contributed by atoms with Crippen LogP contribution in [0, 0.1) is 0 Å². The van der Waals surface area contributed by atoms with Gasteiger partial charge in [-0.05, 0) is 61.4 Å². The average molecular weight is 372 g/mol. The summed E-state index contributed by atoms with van der Waals surface area (Å²) in [7, 11) is 0. The van der Waals surface area contributed by atoms with E-state index in [9.17, 15) is 4.79 Å². The quantitative estimate of drug-likeness (QED) is 0.631. The van der Waals surface area contributed by atoms with Crippen molar-refractivity contribution in [3.05, 3.63) is 84.4 Å². The minimum atomic E-state index is 0.0841. The van der Waals surface area contributed by atoms with Gasteiger partial charge in [0.25, 0.3) is 0 Å². The summed E-state index contributed by atoms with van der Waals surface area (Å²) in [5, 5.41) is 3.62. The molecule has 28 heavy (non-hydrogen) atoms. The predicted molar refractivity (Wildman–Crippen MR) is 113 cm³/mol. The number of ether oxygens (including phenoxy) is 1. The van der Waals surface area contributed by atoms with E-state index in [1.165, 1.54) is 0 Å². The van der Waals surface area contributed by atoms with E-state index in [0.29, 0.717) is 0 Å². The third-order valence-corrected chi connectivity index (χ3v) is 5.10. The maximum Gasteiger partial charge on any atom is 0.224 e. The van der Waals surface area contributed by atoms with Gasteiger partial charge in [0.1, 0.15) is 11.5 Å². The highest BCUT2D eigenvalue weighted by Crippen LogP contribution is 2.39. The Hall–Kier alpha value is -3.27. The molecule has 2 atom stereocenters. The van der Waals surface area contributed by atoms with Crippen LogP contribution in [0.25, 0.3) is 0 Å². The van der Waals surface area contributed by atoms with E-state index < -0.39 is 0 Å². The van der Waals surface area contributed by atoms with Crippen LogP contribution in [0.5, 0.6) is 11.5 Å². The van der Waals surface area contributed by atoms with E-state index in [1.54, 1.807) is 6.92 Å². The Bertz CT molecular complexity index is 954. The van der Waals surface area contributed by atoms with Crippen molar-refractivity contribution in [1.29, 1.82) is 0 Å². The number of benzene rings is 3. The summed E-state index contributed by atoms with van der Waals surface area (Å²) in [6, 6.07) is 26.2. The van der Waals surface area contributed by atoms with Crippen molar-refractivity contribution in [2.24, 2.45) is 0 Å². The molecule has 3 aromatic rings. The van der Waals surface area contributed by atoms with Crippen LogP contribution in [0.2, 0.25) is 0 Å².